The predicted molar refractivity (Wildman–Crippen MR) is 66.6 cm³/mol. The summed E-state index contributed by atoms with van der Waals surface area (Å²) in [7, 11) is 0. The summed E-state index contributed by atoms with van der Waals surface area (Å²) < 4.78 is 5.11. The van der Waals surface area contributed by atoms with Crippen molar-refractivity contribution in [1.82, 2.24) is 4.90 Å². The first-order valence-corrected chi connectivity index (χ1v) is 6.88. The number of nitrogens with two attached hydrogens (primary N) is 1. The van der Waals surface area contributed by atoms with Crippen molar-refractivity contribution in [2.24, 2.45) is 5.73 Å². The van der Waals surface area contributed by atoms with Gasteiger partial charge in [0, 0.05) is 5.54 Å². The van der Waals surface area contributed by atoms with E-state index in [-0.39, 0.29) is 11.5 Å². The molecule has 2 aliphatic rings. The Bertz CT molecular complexity index is 269. The van der Waals surface area contributed by atoms with Crippen LogP contribution in [0.3, 0.4) is 0 Å². The van der Waals surface area contributed by atoms with Crippen LogP contribution in [0, 0.1) is 0 Å². The molecule has 2 fully saturated rings. The minimum atomic E-state index is -0.469. The van der Waals surface area contributed by atoms with Gasteiger partial charge in [-0.3, -0.25) is 9.69 Å². The fraction of sp³-hybridized carbons (Fsp3) is 0.923. The van der Waals surface area contributed by atoms with Gasteiger partial charge < -0.3 is 10.5 Å². The van der Waals surface area contributed by atoms with E-state index in [0.29, 0.717) is 6.61 Å². The van der Waals surface area contributed by atoms with Gasteiger partial charge in [0.25, 0.3) is 0 Å². The van der Waals surface area contributed by atoms with Crippen LogP contribution in [-0.2, 0) is 9.53 Å². The number of ether oxygens (including phenoxy) is 1. The van der Waals surface area contributed by atoms with Crippen LogP contribution < -0.4 is 5.73 Å². The lowest BCUT2D eigenvalue weighted by Gasteiger charge is -2.42. The highest BCUT2D eigenvalue weighted by Gasteiger charge is 2.48. The standard InChI is InChI=1S/C13H24N2O2/c1-2-17-12(16)11(14)13(7-3-4-8-13)15-9-5-6-10-15/h11H,2-10,14H2,1H3/t11-/m1/s1. The fourth-order valence-electron chi connectivity index (χ4n) is 3.43. The number of rotatable bonds is 4. The molecule has 98 valence electrons. The van der Waals surface area contributed by atoms with Crippen LogP contribution in [0.25, 0.3) is 0 Å². The average molecular weight is 240 g/mol. The maximum Gasteiger partial charge on any atom is 0.324 e. The summed E-state index contributed by atoms with van der Waals surface area (Å²) in [6, 6.07) is -0.469. The largest absolute Gasteiger partial charge is 0.465 e. The number of nitrogens with zero attached hydrogens (tertiary/aromatic N) is 1. The molecule has 0 spiro atoms. The van der Waals surface area contributed by atoms with Crippen molar-refractivity contribution in [3.8, 4) is 0 Å². The van der Waals surface area contributed by atoms with Gasteiger partial charge in [-0.15, -0.1) is 0 Å². The van der Waals surface area contributed by atoms with Crippen molar-refractivity contribution in [3.05, 3.63) is 0 Å². The van der Waals surface area contributed by atoms with Crippen molar-refractivity contribution in [2.45, 2.75) is 57.0 Å². The van der Waals surface area contributed by atoms with E-state index in [4.69, 9.17) is 10.5 Å². The molecule has 4 nitrogen and oxygen atoms in total. The number of carbonyl (C=O) groups is 1. The van der Waals surface area contributed by atoms with Crippen molar-refractivity contribution >= 4 is 5.97 Å². The van der Waals surface area contributed by atoms with E-state index in [9.17, 15) is 4.79 Å². The van der Waals surface area contributed by atoms with Gasteiger partial charge in [0.05, 0.1) is 6.61 Å². The van der Waals surface area contributed by atoms with Gasteiger partial charge >= 0.3 is 5.97 Å². The third-order valence-corrected chi connectivity index (χ3v) is 4.32. The quantitative estimate of drug-likeness (QED) is 0.752. The van der Waals surface area contributed by atoms with Crippen LogP contribution in [0.15, 0.2) is 0 Å². The molecule has 0 aromatic carbocycles. The van der Waals surface area contributed by atoms with E-state index in [1.165, 1.54) is 25.7 Å². The third kappa shape index (κ3) is 2.33. The molecule has 17 heavy (non-hydrogen) atoms. The van der Waals surface area contributed by atoms with Crippen LogP contribution in [0.1, 0.15) is 45.4 Å². The summed E-state index contributed by atoms with van der Waals surface area (Å²) >= 11 is 0. The Balaban J connectivity index is 2.12. The smallest absolute Gasteiger partial charge is 0.324 e. The van der Waals surface area contributed by atoms with E-state index in [1.54, 1.807) is 0 Å². The van der Waals surface area contributed by atoms with Crippen molar-refractivity contribution in [2.75, 3.05) is 19.7 Å². The molecule has 1 saturated carbocycles. The molecule has 0 amide bonds. The minimum Gasteiger partial charge on any atom is -0.465 e. The zero-order valence-electron chi connectivity index (χ0n) is 10.8. The summed E-state index contributed by atoms with van der Waals surface area (Å²) in [6.45, 7) is 4.44. The van der Waals surface area contributed by atoms with Crippen molar-refractivity contribution in [1.29, 1.82) is 0 Å². The maximum atomic E-state index is 11.9. The van der Waals surface area contributed by atoms with Crippen LogP contribution in [0.4, 0.5) is 0 Å². The Morgan fingerprint density at radius 1 is 1.29 bits per heavy atom. The monoisotopic (exact) mass is 240 g/mol. The van der Waals surface area contributed by atoms with Crippen molar-refractivity contribution < 1.29 is 9.53 Å². The highest BCUT2D eigenvalue weighted by Crippen LogP contribution is 2.39. The second-order valence-electron chi connectivity index (χ2n) is 5.23. The first kappa shape index (κ1) is 12.8. The topological polar surface area (TPSA) is 55.6 Å². The van der Waals surface area contributed by atoms with E-state index in [0.717, 1.165) is 25.9 Å². The fourth-order valence-corrected chi connectivity index (χ4v) is 3.43. The Morgan fingerprint density at radius 3 is 2.41 bits per heavy atom. The zero-order chi connectivity index (χ0) is 12.3. The number of esters is 1. The summed E-state index contributed by atoms with van der Waals surface area (Å²) in [5.74, 6) is -0.221. The molecule has 1 atom stereocenters. The van der Waals surface area contributed by atoms with Crippen LogP contribution >= 0.6 is 0 Å². The Kier molecular flexibility index (Phi) is 4.05. The Labute approximate surface area is 103 Å². The number of carbonyl (C=O) groups excluding carboxylic acids is 1. The average Bonchev–Trinajstić information content (AvgIpc) is 2.99. The van der Waals surface area contributed by atoms with Crippen LogP contribution in [0.5, 0.6) is 0 Å². The molecular formula is C13H24N2O2. The molecule has 0 radical (unpaired) electrons. The lowest BCUT2D eigenvalue weighted by molar-refractivity contribution is -0.148. The Hall–Kier alpha value is -0.610. The molecule has 0 bridgehead atoms. The second kappa shape index (κ2) is 5.36. The van der Waals surface area contributed by atoms with E-state index in [1.807, 2.05) is 6.92 Å². The zero-order valence-corrected chi connectivity index (χ0v) is 10.8. The normalized spacial score (nSPS) is 26.0. The summed E-state index contributed by atoms with van der Waals surface area (Å²) in [4.78, 5) is 14.4. The highest BCUT2D eigenvalue weighted by molar-refractivity contribution is 5.77. The number of hydrogen-bond acceptors (Lipinski definition) is 4. The summed E-state index contributed by atoms with van der Waals surface area (Å²) in [5, 5.41) is 0. The van der Waals surface area contributed by atoms with Gasteiger partial charge in [0.15, 0.2) is 0 Å². The molecular weight excluding hydrogens is 216 g/mol. The maximum absolute atomic E-state index is 11.9. The summed E-state index contributed by atoms with van der Waals surface area (Å²) in [5.41, 5.74) is 6.10. The molecule has 1 aliphatic heterocycles. The van der Waals surface area contributed by atoms with Gasteiger partial charge in [0.2, 0.25) is 0 Å². The van der Waals surface area contributed by atoms with Crippen molar-refractivity contribution in [3.63, 3.8) is 0 Å². The molecule has 0 unspecified atom stereocenters. The molecule has 1 aliphatic carbocycles. The SMILES string of the molecule is CCOC(=O)[C@@H](N)C1(N2CCCC2)CCCC1. The highest BCUT2D eigenvalue weighted by atomic mass is 16.5. The molecule has 2 rings (SSSR count). The molecule has 2 N–H and O–H groups in total. The lowest BCUT2D eigenvalue weighted by Crippen LogP contribution is -2.61. The van der Waals surface area contributed by atoms with Gasteiger partial charge in [0.1, 0.15) is 6.04 Å². The lowest BCUT2D eigenvalue weighted by atomic mass is 9.86. The molecule has 1 heterocycles. The van der Waals surface area contributed by atoms with E-state index in [2.05, 4.69) is 4.90 Å². The minimum absolute atomic E-state index is 0.108. The molecule has 0 aromatic rings. The third-order valence-electron chi connectivity index (χ3n) is 4.32. The van der Waals surface area contributed by atoms with Gasteiger partial charge in [-0.25, -0.2) is 0 Å². The first-order valence-electron chi connectivity index (χ1n) is 6.88. The molecule has 1 saturated heterocycles. The summed E-state index contributed by atoms with van der Waals surface area (Å²) in [6.07, 6.45) is 6.93. The van der Waals surface area contributed by atoms with Crippen LogP contribution in [0.2, 0.25) is 0 Å². The van der Waals surface area contributed by atoms with Gasteiger partial charge in [-0.2, -0.15) is 0 Å². The number of likely N-dealkylation sites (tertiary alicyclic amines) is 1. The van der Waals surface area contributed by atoms with Gasteiger partial charge in [-0.1, -0.05) is 12.8 Å². The van der Waals surface area contributed by atoms with Gasteiger partial charge in [-0.05, 0) is 45.7 Å². The van der Waals surface area contributed by atoms with E-state index < -0.39 is 6.04 Å². The molecule has 0 aromatic heterocycles. The van der Waals surface area contributed by atoms with Crippen LogP contribution in [-0.4, -0.2) is 42.1 Å². The van der Waals surface area contributed by atoms with E-state index >= 15 is 0 Å². The second-order valence-corrected chi connectivity index (χ2v) is 5.23. The Morgan fingerprint density at radius 2 is 1.88 bits per heavy atom. The predicted octanol–water partition coefficient (Wildman–Crippen LogP) is 1.29. The molecule has 4 heteroatoms. The first-order chi connectivity index (χ1) is 8.20. The number of hydrogen-bond donors (Lipinski definition) is 1.